The van der Waals surface area contributed by atoms with Crippen molar-refractivity contribution in [3.63, 3.8) is 0 Å². The first-order chi connectivity index (χ1) is 14.1. The lowest BCUT2D eigenvalue weighted by Crippen LogP contribution is -1.97. The SMILES string of the molecule is COCc1cnc2c(-c3nc4c(C5CC5)c(F)c(C=O)cc4s3)cc(C)cc2n1. The Hall–Kier alpha value is -2.77. The van der Waals surface area contributed by atoms with Crippen molar-refractivity contribution in [2.45, 2.75) is 32.3 Å². The molecule has 2 heterocycles. The van der Waals surface area contributed by atoms with Crippen LogP contribution in [0.15, 0.2) is 24.4 Å². The third-order valence-electron chi connectivity index (χ3n) is 5.16. The first kappa shape index (κ1) is 18.3. The average Bonchev–Trinajstić information content (AvgIpc) is 3.45. The zero-order valence-corrected chi connectivity index (χ0v) is 16.8. The molecule has 1 aliphatic carbocycles. The summed E-state index contributed by atoms with van der Waals surface area (Å²) in [5.74, 6) is -0.275. The second kappa shape index (κ2) is 6.93. The molecule has 0 N–H and O–H groups in total. The Bertz CT molecular complexity index is 1280. The third kappa shape index (κ3) is 3.10. The molecule has 1 saturated carbocycles. The van der Waals surface area contributed by atoms with E-state index in [0.29, 0.717) is 24.0 Å². The van der Waals surface area contributed by atoms with E-state index in [1.54, 1.807) is 19.4 Å². The van der Waals surface area contributed by atoms with Gasteiger partial charge in [-0.1, -0.05) is 0 Å². The van der Waals surface area contributed by atoms with Crippen LogP contribution >= 0.6 is 11.3 Å². The molecule has 0 unspecified atom stereocenters. The maximum atomic E-state index is 14.8. The highest BCUT2D eigenvalue weighted by molar-refractivity contribution is 7.21. The van der Waals surface area contributed by atoms with Gasteiger partial charge < -0.3 is 4.74 Å². The van der Waals surface area contributed by atoms with Crippen LogP contribution in [0.4, 0.5) is 4.39 Å². The van der Waals surface area contributed by atoms with Crippen molar-refractivity contribution in [1.29, 1.82) is 0 Å². The van der Waals surface area contributed by atoms with Crippen LogP contribution in [0.5, 0.6) is 0 Å². The first-order valence-electron chi connectivity index (χ1n) is 9.42. The second-order valence-electron chi connectivity index (χ2n) is 7.43. The molecule has 0 spiro atoms. The predicted molar refractivity (Wildman–Crippen MR) is 111 cm³/mol. The molecule has 0 aliphatic heterocycles. The van der Waals surface area contributed by atoms with Gasteiger partial charge in [-0.2, -0.15) is 0 Å². The van der Waals surface area contributed by atoms with Crippen LogP contribution < -0.4 is 0 Å². The summed E-state index contributed by atoms with van der Waals surface area (Å²) in [7, 11) is 1.62. The summed E-state index contributed by atoms with van der Waals surface area (Å²) in [6, 6.07) is 5.61. The summed E-state index contributed by atoms with van der Waals surface area (Å²) < 4.78 is 20.8. The van der Waals surface area contributed by atoms with E-state index in [4.69, 9.17) is 9.72 Å². The van der Waals surface area contributed by atoms with Gasteiger partial charge in [0.1, 0.15) is 10.8 Å². The lowest BCUT2D eigenvalue weighted by molar-refractivity contribution is 0.112. The van der Waals surface area contributed by atoms with Crippen molar-refractivity contribution in [2.75, 3.05) is 7.11 Å². The Morgan fingerprint density at radius 1 is 1.24 bits per heavy atom. The summed E-state index contributed by atoms with van der Waals surface area (Å²) in [6.45, 7) is 2.40. The van der Waals surface area contributed by atoms with Gasteiger partial charge in [0.15, 0.2) is 6.29 Å². The molecule has 1 aliphatic rings. The van der Waals surface area contributed by atoms with Crippen molar-refractivity contribution in [2.24, 2.45) is 0 Å². The highest BCUT2D eigenvalue weighted by Gasteiger charge is 2.31. The van der Waals surface area contributed by atoms with E-state index in [-0.39, 0.29) is 11.5 Å². The van der Waals surface area contributed by atoms with Crippen LogP contribution in [0.1, 0.15) is 45.9 Å². The fraction of sp³-hybridized carbons (Fsp3) is 0.273. The average molecular weight is 407 g/mol. The summed E-state index contributed by atoms with van der Waals surface area (Å²) >= 11 is 1.46. The second-order valence-corrected chi connectivity index (χ2v) is 8.46. The van der Waals surface area contributed by atoms with Crippen molar-refractivity contribution < 1.29 is 13.9 Å². The highest BCUT2D eigenvalue weighted by Crippen LogP contribution is 2.47. The monoisotopic (exact) mass is 407 g/mol. The number of carbonyl (C=O) groups is 1. The van der Waals surface area contributed by atoms with E-state index in [2.05, 4.69) is 9.97 Å². The normalized spacial score (nSPS) is 14.0. The summed E-state index contributed by atoms with van der Waals surface area (Å²) in [6.07, 6.45) is 4.16. The topological polar surface area (TPSA) is 65.0 Å². The van der Waals surface area contributed by atoms with Gasteiger partial charge in [-0.3, -0.25) is 9.78 Å². The minimum atomic E-state index is -0.426. The highest BCUT2D eigenvalue weighted by atomic mass is 32.1. The molecule has 0 saturated heterocycles. The number of rotatable bonds is 5. The molecule has 2 aromatic carbocycles. The quantitative estimate of drug-likeness (QED) is 0.426. The van der Waals surface area contributed by atoms with Gasteiger partial charge in [0.05, 0.1) is 45.3 Å². The van der Waals surface area contributed by atoms with Crippen molar-refractivity contribution in [3.8, 4) is 10.6 Å². The summed E-state index contributed by atoms with van der Waals surface area (Å²) in [4.78, 5) is 25.4. The van der Waals surface area contributed by atoms with Crippen LogP contribution in [-0.2, 0) is 11.3 Å². The largest absolute Gasteiger partial charge is 0.378 e. The Balaban J connectivity index is 1.74. The molecule has 1 fully saturated rings. The molecule has 0 radical (unpaired) electrons. The zero-order valence-electron chi connectivity index (χ0n) is 16.0. The van der Waals surface area contributed by atoms with Gasteiger partial charge in [0, 0.05) is 18.2 Å². The maximum absolute atomic E-state index is 14.8. The van der Waals surface area contributed by atoms with Crippen molar-refractivity contribution in [1.82, 2.24) is 15.0 Å². The number of aldehydes is 1. The van der Waals surface area contributed by atoms with E-state index >= 15 is 0 Å². The smallest absolute Gasteiger partial charge is 0.153 e. The van der Waals surface area contributed by atoms with Crippen LogP contribution in [0.3, 0.4) is 0 Å². The number of ether oxygens (including phenoxy) is 1. The van der Waals surface area contributed by atoms with E-state index < -0.39 is 5.82 Å². The van der Waals surface area contributed by atoms with E-state index in [1.807, 2.05) is 19.1 Å². The number of methoxy groups -OCH3 is 1. The fourth-order valence-electron chi connectivity index (χ4n) is 3.72. The minimum absolute atomic E-state index is 0.104. The number of aryl methyl sites for hydroxylation is 1. The number of aromatic nitrogens is 3. The number of carbonyl (C=O) groups excluding carboxylic acids is 1. The molecule has 5 nitrogen and oxygen atoms in total. The van der Waals surface area contributed by atoms with E-state index in [0.717, 1.165) is 50.4 Å². The van der Waals surface area contributed by atoms with Crippen LogP contribution in [0.25, 0.3) is 31.8 Å². The Labute approximate surface area is 170 Å². The van der Waals surface area contributed by atoms with Crippen molar-refractivity contribution in [3.05, 3.63) is 52.6 Å². The molecule has 4 aromatic rings. The first-order valence-corrected chi connectivity index (χ1v) is 10.2. The van der Waals surface area contributed by atoms with Crippen molar-refractivity contribution >= 4 is 38.9 Å². The Kier molecular flexibility index (Phi) is 4.37. The maximum Gasteiger partial charge on any atom is 0.153 e. The number of fused-ring (bicyclic) bond motifs is 2. The molecule has 0 bridgehead atoms. The van der Waals surface area contributed by atoms with Gasteiger partial charge >= 0.3 is 0 Å². The molecule has 29 heavy (non-hydrogen) atoms. The van der Waals surface area contributed by atoms with Gasteiger partial charge in [0.2, 0.25) is 0 Å². The zero-order chi connectivity index (χ0) is 20.1. The number of halogens is 1. The van der Waals surface area contributed by atoms with Gasteiger partial charge in [0.25, 0.3) is 0 Å². The minimum Gasteiger partial charge on any atom is -0.378 e. The Morgan fingerprint density at radius 3 is 2.79 bits per heavy atom. The van der Waals surface area contributed by atoms with Crippen LogP contribution in [0.2, 0.25) is 0 Å². The number of benzene rings is 2. The molecule has 0 atom stereocenters. The number of thiazole rings is 1. The standard InChI is InChI=1S/C22H18FN3O2S/c1-11-5-15(20-16(6-11)25-14(8-24-20)10-28-2)22-26-21-17(29-22)7-13(9-27)19(23)18(21)12-3-4-12/h5-9,12H,3-4,10H2,1-2H3. The molecular formula is C22H18FN3O2S. The number of hydrogen-bond acceptors (Lipinski definition) is 6. The number of hydrogen-bond donors (Lipinski definition) is 0. The molecule has 0 amide bonds. The van der Waals surface area contributed by atoms with E-state index in [9.17, 15) is 9.18 Å². The van der Waals surface area contributed by atoms with Crippen LogP contribution in [-0.4, -0.2) is 28.3 Å². The molecule has 7 heteroatoms. The summed E-state index contributed by atoms with van der Waals surface area (Å²) in [5.41, 5.74) is 5.54. The van der Waals surface area contributed by atoms with E-state index in [1.165, 1.54) is 11.3 Å². The van der Waals surface area contributed by atoms with Gasteiger partial charge in [-0.25, -0.2) is 14.4 Å². The van der Waals surface area contributed by atoms with Crippen LogP contribution in [0, 0.1) is 12.7 Å². The van der Waals surface area contributed by atoms with Gasteiger partial charge in [-0.15, -0.1) is 11.3 Å². The number of nitrogens with zero attached hydrogens (tertiary/aromatic N) is 3. The molecule has 2 aromatic heterocycles. The lowest BCUT2D eigenvalue weighted by Gasteiger charge is -2.07. The van der Waals surface area contributed by atoms with Gasteiger partial charge in [-0.05, 0) is 49.4 Å². The molecule has 146 valence electrons. The Morgan fingerprint density at radius 2 is 2.07 bits per heavy atom. The summed E-state index contributed by atoms with van der Waals surface area (Å²) in [5, 5.41) is 0.756. The predicted octanol–water partition coefficient (Wildman–Crippen LogP) is 5.19. The fourth-order valence-corrected chi connectivity index (χ4v) is 4.76. The third-order valence-corrected chi connectivity index (χ3v) is 6.20. The molecule has 5 rings (SSSR count). The molecular weight excluding hydrogens is 389 g/mol. The lowest BCUT2D eigenvalue weighted by atomic mass is 10.0.